The van der Waals surface area contributed by atoms with Crippen molar-refractivity contribution >= 4 is 23.5 Å². The molecule has 158 valence electrons. The van der Waals surface area contributed by atoms with E-state index in [9.17, 15) is 14.0 Å². The predicted octanol–water partition coefficient (Wildman–Crippen LogP) is 3.38. The van der Waals surface area contributed by atoms with Crippen LogP contribution in [0.25, 0.3) is 0 Å². The molecule has 0 bridgehead atoms. The summed E-state index contributed by atoms with van der Waals surface area (Å²) in [7, 11) is 0. The fourth-order valence-corrected chi connectivity index (χ4v) is 2.91. The first-order chi connectivity index (χ1) is 14.5. The molecule has 3 rings (SSSR count). The van der Waals surface area contributed by atoms with Crippen molar-refractivity contribution in [3.63, 3.8) is 0 Å². The molecule has 1 amide bonds. The summed E-state index contributed by atoms with van der Waals surface area (Å²) in [4.78, 5) is 28.8. The predicted molar refractivity (Wildman–Crippen MR) is 111 cm³/mol. The Bertz CT molecular complexity index is 892. The summed E-state index contributed by atoms with van der Waals surface area (Å²) < 4.78 is 23.7. The van der Waals surface area contributed by atoms with Gasteiger partial charge in [-0.3, -0.25) is 10.1 Å². The number of hydrogen-bond donors (Lipinski definition) is 2. The molecule has 1 fully saturated rings. The lowest BCUT2D eigenvalue weighted by Crippen LogP contribution is -2.36. The van der Waals surface area contributed by atoms with Crippen LogP contribution in [-0.2, 0) is 9.47 Å². The van der Waals surface area contributed by atoms with Crippen LogP contribution in [0, 0.1) is 5.82 Å². The van der Waals surface area contributed by atoms with Crippen molar-refractivity contribution in [3.05, 3.63) is 65.5 Å². The molecule has 8 heteroatoms. The molecule has 0 aliphatic carbocycles. The Balaban J connectivity index is 1.71. The van der Waals surface area contributed by atoms with Crippen LogP contribution in [0.4, 0.5) is 10.1 Å². The average Bonchev–Trinajstić information content (AvgIpc) is 3.27. The number of ether oxygens (including phenoxy) is 2. The van der Waals surface area contributed by atoms with Gasteiger partial charge < -0.3 is 14.8 Å². The first-order valence-corrected chi connectivity index (χ1v) is 9.82. The Kier molecular flexibility index (Phi) is 7.51. The van der Waals surface area contributed by atoms with Gasteiger partial charge in [-0.1, -0.05) is 0 Å². The van der Waals surface area contributed by atoms with Gasteiger partial charge in [-0.25, -0.2) is 14.2 Å². The number of rotatable bonds is 6. The standard InChI is InChI=1S/C22H24FN3O4/c1-2-29-21(28)16-7-11-18(12-8-16)25-22(24-14-19-4-3-13-30-19)26-20(27)15-5-9-17(23)10-6-15/h5-12,19H,2-4,13-14H2,1H3,(H2,24,25,26,27)/t19-/m1/s1. The monoisotopic (exact) mass is 413 g/mol. The highest BCUT2D eigenvalue weighted by Crippen LogP contribution is 2.13. The molecule has 30 heavy (non-hydrogen) atoms. The smallest absolute Gasteiger partial charge is 0.338 e. The van der Waals surface area contributed by atoms with Gasteiger partial charge in [0.25, 0.3) is 5.91 Å². The minimum atomic E-state index is -0.420. The number of guanidine groups is 1. The molecule has 7 nitrogen and oxygen atoms in total. The number of carbonyl (C=O) groups excluding carboxylic acids is 2. The van der Waals surface area contributed by atoms with E-state index in [0.717, 1.165) is 12.8 Å². The molecule has 2 N–H and O–H groups in total. The maximum Gasteiger partial charge on any atom is 0.338 e. The van der Waals surface area contributed by atoms with Gasteiger partial charge >= 0.3 is 5.97 Å². The van der Waals surface area contributed by atoms with Crippen molar-refractivity contribution in [1.82, 2.24) is 5.32 Å². The van der Waals surface area contributed by atoms with Gasteiger partial charge in [0, 0.05) is 17.9 Å². The van der Waals surface area contributed by atoms with E-state index in [0.29, 0.717) is 36.6 Å². The van der Waals surface area contributed by atoms with E-state index in [1.807, 2.05) is 0 Å². The normalized spacial score (nSPS) is 16.2. The second-order valence-corrected chi connectivity index (χ2v) is 6.71. The van der Waals surface area contributed by atoms with Gasteiger partial charge in [-0.15, -0.1) is 0 Å². The van der Waals surface area contributed by atoms with E-state index in [1.54, 1.807) is 31.2 Å². The van der Waals surface area contributed by atoms with Gasteiger partial charge in [0.05, 0.1) is 24.8 Å². The summed E-state index contributed by atoms with van der Waals surface area (Å²) in [6.45, 7) is 3.15. The van der Waals surface area contributed by atoms with Crippen molar-refractivity contribution in [2.45, 2.75) is 25.9 Å². The molecule has 1 heterocycles. The Labute approximate surface area is 174 Å². The number of amides is 1. The number of carbonyl (C=O) groups is 2. The Morgan fingerprint density at radius 1 is 1.13 bits per heavy atom. The van der Waals surface area contributed by atoms with Crippen LogP contribution in [0.1, 0.15) is 40.5 Å². The molecular formula is C22H24FN3O4. The SMILES string of the molecule is CCOC(=O)c1ccc(NC(=NC[C@H]2CCCO2)NC(=O)c2ccc(F)cc2)cc1. The molecule has 1 atom stereocenters. The van der Waals surface area contributed by atoms with Gasteiger partial charge in [0.1, 0.15) is 5.82 Å². The van der Waals surface area contributed by atoms with Crippen molar-refractivity contribution in [2.24, 2.45) is 4.99 Å². The number of halogens is 1. The third kappa shape index (κ3) is 6.12. The van der Waals surface area contributed by atoms with Gasteiger partial charge in [-0.05, 0) is 68.3 Å². The van der Waals surface area contributed by atoms with Crippen molar-refractivity contribution in [1.29, 1.82) is 0 Å². The maximum atomic E-state index is 13.1. The molecule has 0 radical (unpaired) electrons. The van der Waals surface area contributed by atoms with Gasteiger partial charge in [0.15, 0.2) is 0 Å². The maximum absolute atomic E-state index is 13.1. The minimum Gasteiger partial charge on any atom is -0.462 e. The molecule has 0 saturated carbocycles. The number of hydrogen-bond acceptors (Lipinski definition) is 5. The highest BCUT2D eigenvalue weighted by atomic mass is 19.1. The van der Waals surface area contributed by atoms with Crippen LogP contribution >= 0.6 is 0 Å². The fourth-order valence-electron chi connectivity index (χ4n) is 2.91. The minimum absolute atomic E-state index is 0.00992. The van der Waals surface area contributed by atoms with Gasteiger partial charge in [0.2, 0.25) is 5.96 Å². The lowest BCUT2D eigenvalue weighted by atomic mass is 10.2. The highest BCUT2D eigenvalue weighted by Gasteiger charge is 2.16. The topological polar surface area (TPSA) is 89.0 Å². The molecule has 1 aliphatic rings. The number of benzene rings is 2. The number of nitrogens with zero attached hydrogens (tertiary/aromatic N) is 1. The summed E-state index contributed by atoms with van der Waals surface area (Å²) in [6, 6.07) is 11.9. The molecular weight excluding hydrogens is 389 g/mol. The molecule has 0 aromatic heterocycles. The summed E-state index contributed by atoms with van der Waals surface area (Å²) in [5.74, 6) is -1.000. The number of esters is 1. The number of anilines is 1. The lowest BCUT2D eigenvalue weighted by molar-refractivity contribution is 0.0526. The van der Waals surface area contributed by atoms with Crippen LogP contribution in [0.15, 0.2) is 53.5 Å². The number of aliphatic imine (C=N–C) groups is 1. The van der Waals surface area contributed by atoms with E-state index in [4.69, 9.17) is 9.47 Å². The van der Waals surface area contributed by atoms with E-state index < -0.39 is 17.7 Å². The molecule has 0 unspecified atom stereocenters. The van der Waals surface area contributed by atoms with Gasteiger partial charge in [-0.2, -0.15) is 0 Å². The number of nitrogens with one attached hydrogen (secondary N) is 2. The quantitative estimate of drug-likeness (QED) is 0.431. The third-order valence-corrected chi connectivity index (χ3v) is 4.47. The average molecular weight is 413 g/mol. The summed E-state index contributed by atoms with van der Waals surface area (Å²) in [6.07, 6.45) is 1.91. The van der Waals surface area contributed by atoms with Crippen LogP contribution in [-0.4, -0.2) is 43.7 Å². The van der Waals surface area contributed by atoms with Crippen LogP contribution < -0.4 is 10.6 Å². The fraction of sp³-hybridized carbons (Fsp3) is 0.318. The van der Waals surface area contributed by atoms with Crippen LogP contribution in [0.5, 0.6) is 0 Å². The van der Waals surface area contributed by atoms with E-state index in [-0.39, 0.29) is 12.1 Å². The molecule has 2 aromatic rings. The third-order valence-electron chi connectivity index (χ3n) is 4.47. The Hall–Kier alpha value is -3.26. The lowest BCUT2D eigenvalue weighted by Gasteiger charge is -2.14. The largest absolute Gasteiger partial charge is 0.462 e. The van der Waals surface area contributed by atoms with Crippen molar-refractivity contribution < 1.29 is 23.5 Å². The highest BCUT2D eigenvalue weighted by molar-refractivity contribution is 6.10. The van der Waals surface area contributed by atoms with E-state index in [1.165, 1.54) is 24.3 Å². The molecule has 0 spiro atoms. The summed E-state index contributed by atoms with van der Waals surface area (Å²) in [5, 5.41) is 5.76. The first kappa shape index (κ1) is 21.4. The Morgan fingerprint density at radius 2 is 1.83 bits per heavy atom. The first-order valence-electron chi connectivity index (χ1n) is 9.82. The second-order valence-electron chi connectivity index (χ2n) is 6.71. The zero-order valence-corrected chi connectivity index (χ0v) is 16.7. The zero-order chi connectivity index (χ0) is 21.3. The van der Waals surface area contributed by atoms with Crippen LogP contribution in [0.2, 0.25) is 0 Å². The van der Waals surface area contributed by atoms with Crippen molar-refractivity contribution in [3.8, 4) is 0 Å². The molecule has 2 aromatic carbocycles. The summed E-state index contributed by atoms with van der Waals surface area (Å²) >= 11 is 0. The van der Waals surface area contributed by atoms with Crippen molar-refractivity contribution in [2.75, 3.05) is 25.1 Å². The van der Waals surface area contributed by atoms with E-state index >= 15 is 0 Å². The Morgan fingerprint density at radius 3 is 2.47 bits per heavy atom. The zero-order valence-electron chi connectivity index (χ0n) is 16.7. The molecule has 1 aliphatic heterocycles. The summed E-state index contributed by atoms with van der Waals surface area (Å²) in [5.41, 5.74) is 1.37. The van der Waals surface area contributed by atoms with Crippen LogP contribution in [0.3, 0.4) is 0 Å². The second kappa shape index (κ2) is 10.5. The molecule has 1 saturated heterocycles. The van der Waals surface area contributed by atoms with E-state index in [2.05, 4.69) is 15.6 Å².